The van der Waals surface area contributed by atoms with Gasteiger partial charge in [0.1, 0.15) is 17.5 Å². The summed E-state index contributed by atoms with van der Waals surface area (Å²) < 4.78 is 34.8. The average molecular weight is 337 g/mol. The molecule has 4 aliphatic carbocycles. The number of carbonyl (C=O) groups excluding carboxylic acids is 2. The number of rotatable bonds is 6. The Labute approximate surface area is 129 Å². The van der Waals surface area contributed by atoms with Crippen LogP contribution in [0.5, 0.6) is 0 Å². The normalized spacial score (nSPS) is 36.7. The quantitative estimate of drug-likeness (QED) is 0.238. The fourth-order valence-electron chi connectivity index (χ4n) is 4.42. The van der Waals surface area contributed by atoms with Crippen LogP contribution in [-0.2, 0) is 23.7 Å². The number of ether oxygens (including phenoxy) is 1. The van der Waals surface area contributed by atoms with Gasteiger partial charge in [-0.1, -0.05) is 0 Å². The second kappa shape index (κ2) is 5.70. The molecular formula is C13H15F2O6S-. The van der Waals surface area contributed by atoms with E-state index in [1.54, 1.807) is 0 Å². The zero-order valence-electron chi connectivity index (χ0n) is 11.6. The summed E-state index contributed by atoms with van der Waals surface area (Å²) in [5.74, 6) is -0.560. The van der Waals surface area contributed by atoms with Crippen LogP contribution in [0.2, 0.25) is 0 Å². The molecule has 6 nitrogen and oxygen atoms in total. The van der Waals surface area contributed by atoms with Crippen LogP contribution in [0.4, 0.5) is 8.78 Å². The van der Waals surface area contributed by atoms with E-state index in [1.807, 2.05) is 0 Å². The van der Waals surface area contributed by atoms with E-state index in [2.05, 4.69) is 9.37 Å². The Balaban J connectivity index is 1.65. The maximum absolute atomic E-state index is 13.3. The molecule has 2 atom stereocenters. The van der Waals surface area contributed by atoms with Crippen LogP contribution < -0.4 is 5.26 Å². The maximum atomic E-state index is 13.3. The molecule has 0 N–H and O–H groups in total. The Hall–Kier alpha value is -0.770. The molecule has 0 aromatic carbocycles. The Morgan fingerprint density at radius 3 is 2.55 bits per heavy atom. The van der Waals surface area contributed by atoms with Crippen molar-refractivity contribution in [2.75, 3.05) is 6.61 Å². The van der Waals surface area contributed by atoms with Gasteiger partial charge < -0.3 is 9.99 Å². The van der Waals surface area contributed by atoms with Gasteiger partial charge in [-0.3, -0.25) is 14.6 Å². The van der Waals surface area contributed by atoms with Crippen LogP contribution in [0, 0.1) is 23.2 Å². The number of alkyl halides is 2. The fraction of sp³-hybridized carbons (Fsp3) is 0.846. The number of Topliss-reactive ketones (excluding diaryl/α,β-unsaturated/α-hetero) is 1. The summed E-state index contributed by atoms with van der Waals surface area (Å²) in [7, 11) is 0. The van der Waals surface area contributed by atoms with Crippen molar-refractivity contribution < 1.29 is 37.7 Å². The van der Waals surface area contributed by atoms with Crippen molar-refractivity contribution in [1.82, 2.24) is 0 Å². The molecule has 2 unspecified atom stereocenters. The molecule has 0 heterocycles. The zero-order chi connectivity index (χ0) is 16.0. The third kappa shape index (κ3) is 2.75. The lowest BCUT2D eigenvalue weighted by molar-refractivity contribution is -0.777. The second-order valence-electron chi connectivity index (χ2n) is 6.42. The van der Waals surface area contributed by atoms with E-state index in [9.17, 15) is 23.6 Å². The van der Waals surface area contributed by atoms with E-state index in [1.165, 1.54) is 0 Å². The molecule has 9 heteroatoms. The van der Waals surface area contributed by atoms with Crippen molar-refractivity contribution in [2.24, 2.45) is 23.2 Å². The van der Waals surface area contributed by atoms with Gasteiger partial charge in [0.15, 0.2) is 12.4 Å². The van der Waals surface area contributed by atoms with Crippen LogP contribution in [0.15, 0.2) is 0 Å². The van der Waals surface area contributed by atoms with Gasteiger partial charge in [0, 0.05) is 5.92 Å². The van der Waals surface area contributed by atoms with Gasteiger partial charge in [-0.2, -0.15) is 13.1 Å². The molecule has 4 aliphatic rings. The van der Waals surface area contributed by atoms with Crippen LogP contribution in [0.1, 0.15) is 32.1 Å². The second-order valence-corrected chi connectivity index (χ2v) is 7.32. The van der Waals surface area contributed by atoms with Crippen LogP contribution in [0.3, 0.4) is 0 Å². The first-order valence-electron chi connectivity index (χ1n) is 7.10. The van der Waals surface area contributed by atoms with Gasteiger partial charge in [-0.25, -0.2) is 0 Å². The SMILES string of the molecule is O=C(OCC(F)(F)SOO[O-])C12CC3CC(CC(C3)C1=O)C2. The Morgan fingerprint density at radius 1 is 1.32 bits per heavy atom. The molecule has 0 saturated heterocycles. The number of hydrogen-bond donors (Lipinski definition) is 0. The minimum Gasteiger partial charge on any atom is -0.691 e. The predicted molar refractivity (Wildman–Crippen MR) is 66.7 cm³/mol. The molecule has 4 rings (SSSR count). The molecule has 4 fully saturated rings. The Morgan fingerprint density at radius 2 is 1.95 bits per heavy atom. The minimum absolute atomic E-state index is 0.133. The standard InChI is InChI=1S/C13H16F2O6S/c14-13(15,22-21-20-18)6-19-11(17)12-4-7-1-8(5-12)3-9(2-7)10(12)16/h7-9,18H,1-6H2/p-1. The third-order valence-electron chi connectivity index (χ3n) is 4.96. The summed E-state index contributed by atoms with van der Waals surface area (Å²) >= 11 is -0.532. The van der Waals surface area contributed by atoms with E-state index in [0.717, 1.165) is 19.3 Å². The van der Waals surface area contributed by atoms with Gasteiger partial charge in [0.2, 0.25) is 0 Å². The Kier molecular flexibility index (Phi) is 4.17. The Bertz CT molecular complexity index is 471. The monoisotopic (exact) mass is 337 g/mol. The van der Waals surface area contributed by atoms with Crippen molar-refractivity contribution in [2.45, 2.75) is 37.4 Å². The average Bonchev–Trinajstić information content (AvgIpc) is 2.47. The summed E-state index contributed by atoms with van der Waals surface area (Å²) in [4.78, 5) is 24.8. The lowest BCUT2D eigenvalue weighted by Crippen LogP contribution is -2.57. The van der Waals surface area contributed by atoms with E-state index in [-0.39, 0.29) is 11.7 Å². The minimum atomic E-state index is -3.62. The molecule has 124 valence electrons. The summed E-state index contributed by atoms with van der Waals surface area (Å²) in [5.41, 5.74) is -1.24. The van der Waals surface area contributed by atoms with E-state index in [0.29, 0.717) is 24.7 Å². The molecule has 4 bridgehead atoms. The van der Waals surface area contributed by atoms with Gasteiger partial charge in [-0.15, -0.1) is 0 Å². The summed E-state index contributed by atoms with van der Waals surface area (Å²) in [6, 6.07) is 0. The third-order valence-corrected chi connectivity index (χ3v) is 5.45. The summed E-state index contributed by atoms with van der Waals surface area (Å²) in [6.07, 6.45) is 3.39. The topological polar surface area (TPSA) is 84.9 Å². The maximum Gasteiger partial charge on any atom is 0.354 e. The van der Waals surface area contributed by atoms with Crippen LogP contribution >= 0.6 is 12.0 Å². The van der Waals surface area contributed by atoms with Crippen LogP contribution in [-0.4, -0.2) is 23.6 Å². The first-order valence-corrected chi connectivity index (χ1v) is 7.84. The smallest absolute Gasteiger partial charge is 0.354 e. The molecule has 0 amide bonds. The molecule has 0 radical (unpaired) electrons. The van der Waals surface area contributed by atoms with Gasteiger partial charge in [0.05, 0.1) is 0 Å². The largest absolute Gasteiger partial charge is 0.691 e. The van der Waals surface area contributed by atoms with Crippen molar-refractivity contribution >= 4 is 23.8 Å². The zero-order valence-corrected chi connectivity index (χ0v) is 12.4. The predicted octanol–water partition coefficient (Wildman–Crippen LogP) is 1.39. The molecule has 0 aromatic rings. The fourth-order valence-corrected chi connectivity index (χ4v) is 4.65. The van der Waals surface area contributed by atoms with E-state index < -0.39 is 35.3 Å². The summed E-state index contributed by atoms with van der Waals surface area (Å²) in [6.45, 7) is -1.27. The number of ketones is 1. The van der Waals surface area contributed by atoms with E-state index in [4.69, 9.17) is 4.74 Å². The number of esters is 1. The summed E-state index contributed by atoms with van der Waals surface area (Å²) in [5, 5.41) is 8.78. The van der Waals surface area contributed by atoms with Crippen molar-refractivity contribution in [3.63, 3.8) is 0 Å². The van der Waals surface area contributed by atoms with E-state index >= 15 is 0 Å². The first-order chi connectivity index (χ1) is 10.4. The van der Waals surface area contributed by atoms with Crippen molar-refractivity contribution in [3.05, 3.63) is 0 Å². The van der Waals surface area contributed by atoms with Gasteiger partial charge in [-0.05, 0) is 43.9 Å². The molecule has 0 aliphatic heterocycles. The van der Waals surface area contributed by atoms with Crippen LogP contribution in [0.25, 0.3) is 0 Å². The molecule has 22 heavy (non-hydrogen) atoms. The lowest BCUT2D eigenvalue weighted by Gasteiger charge is -2.53. The highest BCUT2D eigenvalue weighted by molar-refractivity contribution is 7.95. The highest BCUT2D eigenvalue weighted by Gasteiger charge is 2.61. The van der Waals surface area contributed by atoms with Crippen molar-refractivity contribution in [1.29, 1.82) is 0 Å². The highest BCUT2D eigenvalue weighted by Crippen LogP contribution is 2.58. The molecule has 0 spiro atoms. The molecule has 0 aromatic heterocycles. The first kappa shape index (κ1) is 16.1. The number of halogens is 2. The highest BCUT2D eigenvalue weighted by atomic mass is 32.2. The molecular weight excluding hydrogens is 322 g/mol. The number of carbonyl (C=O) groups is 2. The van der Waals surface area contributed by atoms with Gasteiger partial charge in [0.25, 0.3) is 0 Å². The molecule has 4 saturated carbocycles. The number of hydrogen-bond acceptors (Lipinski definition) is 7. The van der Waals surface area contributed by atoms with Gasteiger partial charge >= 0.3 is 11.2 Å². The lowest BCUT2D eigenvalue weighted by atomic mass is 9.49. The van der Waals surface area contributed by atoms with Crippen molar-refractivity contribution in [3.8, 4) is 0 Å².